The number of rotatable bonds is 7. The fraction of sp³-hybridized carbons (Fsp3) is 0.357. The van der Waals surface area contributed by atoms with Gasteiger partial charge < -0.3 is 14.9 Å². The van der Waals surface area contributed by atoms with Crippen molar-refractivity contribution in [2.45, 2.75) is 25.6 Å². The van der Waals surface area contributed by atoms with E-state index in [4.69, 9.17) is 4.74 Å². The Labute approximate surface area is 107 Å². The van der Waals surface area contributed by atoms with Gasteiger partial charge >= 0.3 is 5.97 Å². The molecule has 2 N–H and O–H groups in total. The van der Waals surface area contributed by atoms with Gasteiger partial charge in [-0.1, -0.05) is 30.8 Å². The van der Waals surface area contributed by atoms with Crippen molar-refractivity contribution in [3.63, 3.8) is 0 Å². The van der Waals surface area contributed by atoms with Crippen LogP contribution in [0, 0.1) is 0 Å². The van der Waals surface area contributed by atoms with Crippen LogP contribution in [0.5, 0.6) is 0 Å². The molecule has 0 saturated carbocycles. The van der Waals surface area contributed by atoms with Crippen molar-refractivity contribution in [3.8, 4) is 0 Å². The minimum Gasteiger partial charge on any atom is -0.463 e. The SMILES string of the molecule is C=CC(=O)OCCCCc1ccccc1C(O)O. The van der Waals surface area contributed by atoms with Crippen LogP contribution in [-0.4, -0.2) is 22.8 Å². The third kappa shape index (κ3) is 4.69. The summed E-state index contributed by atoms with van der Waals surface area (Å²) in [4.78, 5) is 10.8. The highest BCUT2D eigenvalue weighted by atomic mass is 16.5. The van der Waals surface area contributed by atoms with Crippen molar-refractivity contribution >= 4 is 5.97 Å². The Morgan fingerprint density at radius 1 is 1.33 bits per heavy atom. The van der Waals surface area contributed by atoms with E-state index in [9.17, 15) is 15.0 Å². The molecule has 1 rings (SSSR count). The summed E-state index contributed by atoms with van der Waals surface area (Å²) in [6.07, 6.45) is 1.96. The number of carbonyl (C=O) groups is 1. The molecule has 0 aromatic heterocycles. The van der Waals surface area contributed by atoms with Crippen LogP contribution in [0.2, 0.25) is 0 Å². The topological polar surface area (TPSA) is 66.8 Å². The van der Waals surface area contributed by atoms with Gasteiger partial charge in [0.05, 0.1) is 6.61 Å². The first-order chi connectivity index (χ1) is 8.65. The van der Waals surface area contributed by atoms with Gasteiger partial charge in [-0.15, -0.1) is 0 Å². The number of unbranched alkanes of at least 4 members (excludes halogenated alkanes) is 1. The highest BCUT2D eigenvalue weighted by Gasteiger charge is 2.07. The molecule has 0 unspecified atom stereocenters. The van der Waals surface area contributed by atoms with E-state index in [-0.39, 0.29) is 0 Å². The number of aryl methyl sites for hydroxylation is 1. The van der Waals surface area contributed by atoms with E-state index in [1.54, 1.807) is 12.1 Å². The fourth-order valence-corrected chi connectivity index (χ4v) is 1.66. The number of hydrogen-bond acceptors (Lipinski definition) is 4. The Balaban J connectivity index is 2.35. The van der Waals surface area contributed by atoms with E-state index < -0.39 is 12.3 Å². The first-order valence-electron chi connectivity index (χ1n) is 5.88. The van der Waals surface area contributed by atoms with Crippen LogP contribution < -0.4 is 0 Å². The molecule has 0 aliphatic rings. The molecule has 98 valence electrons. The fourth-order valence-electron chi connectivity index (χ4n) is 1.66. The normalized spacial score (nSPS) is 10.4. The summed E-state index contributed by atoms with van der Waals surface area (Å²) >= 11 is 0. The lowest BCUT2D eigenvalue weighted by Gasteiger charge is -2.10. The molecule has 4 nitrogen and oxygen atoms in total. The van der Waals surface area contributed by atoms with Crippen LogP contribution in [0.4, 0.5) is 0 Å². The van der Waals surface area contributed by atoms with Gasteiger partial charge in [-0.3, -0.25) is 0 Å². The monoisotopic (exact) mass is 250 g/mol. The second-order valence-corrected chi connectivity index (χ2v) is 3.90. The van der Waals surface area contributed by atoms with Crippen LogP contribution in [0.3, 0.4) is 0 Å². The quantitative estimate of drug-likeness (QED) is 0.335. The standard InChI is InChI=1S/C14H18O4/c1-2-13(15)18-10-6-5-8-11-7-3-4-9-12(11)14(16)17/h2-4,7,9,14,16-17H,1,5-6,8,10H2. The third-order valence-corrected chi connectivity index (χ3v) is 2.58. The maximum atomic E-state index is 10.8. The summed E-state index contributed by atoms with van der Waals surface area (Å²) < 4.78 is 4.85. The zero-order chi connectivity index (χ0) is 13.4. The molecule has 1 aromatic carbocycles. The molecular weight excluding hydrogens is 232 g/mol. The molecule has 0 amide bonds. The van der Waals surface area contributed by atoms with E-state index in [1.165, 1.54) is 0 Å². The van der Waals surface area contributed by atoms with E-state index in [2.05, 4.69) is 6.58 Å². The van der Waals surface area contributed by atoms with E-state index in [0.29, 0.717) is 12.2 Å². The number of esters is 1. The maximum Gasteiger partial charge on any atom is 0.330 e. The number of benzene rings is 1. The van der Waals surface area contributed by atoms with E-state index in [1.807, 2.05) is 12.1 Å². The van der Waals surface area contributed by atoms with Crippen LogP contribution in [-0.2, 0) is 16.0 Å². The van der Waals surface area contributed by atoms with Crippen LogP contribution in [0.25, 0.3) is 0 Å². The third-order valence-electron chi connectivity index (χ3n) is 2.58. The predicted octanol–water partition coefficient (Wildman–Crippen LogP) is 1.72. The van der Waals surface area contributed by atoms with E-state index >= 15 is 0 Å². The van der Waals surface area contributed by atoms with Gasteiger partial charge in [-0.05, 0) is 24.8 Å². The molecule has 0 radical (unpaired) electrons. The Bertz CT molecular complexity index is 399. The summed E-state index contributed by atoms with van der Waals surface area (Å²) in [7, 11) is 0. The lowest BCUT2D eigenvalue weighted by Crippen LogP contribution is -2.04. The lowest BCUT2D eigenvalue weighted by molar-refractivity contribution is -0.137. The molecule has 0 saturated heterocycles. The number of carbonyl (C=O) groups excluding carboxylic acids is 1. The van der Waals surface area contributed by atoms with Gasteiger partial charge in [0.15, 0.2) is 6.29 Å². The first kappa shape index (κ1) is 14.4. The van der Waals surface area contributed by atoms with Crippen molar-refractivity contribution in [2.75, 3.05) is 6.61 Å². The molecule has 0 heterocycles. The van der Waals surface area contributed by atoms with Gasteiger partial charge in [-0.25, -0.2) is 4.79 Å². The molecule has 4 heteroatoms. The van der Waals surface area contributed by atoms with Gasteiger partial charge in [0.1, 0.15) is 0 Å². The van der Waals surface area contributed by atoms with Crippen molar-refractivity contribution in [2.24, 2.45) is 0 Å². The molecule has 0 atom stereocenters. The van der Waals surface area contributed by atoms with Gasteiger partial charge in [0.2, 0.25) is 0 Å². The van der Waals surface area contributed by atoms with Gasteiger partial charge in [0.25, 0.3) is 0 Å². The summed E-state index contributed by atoms with van der Waals surface area (Å²) in [6, 6.07) is 7.19. The van der Waals surface area contributed by atoms with Crippen LogP contribution in [0.1, 0.15) is 30.3 Å². The number of aliphatic hydroxyl groups is 2. The van der Waals surface area contributed by atoms with Crippen molar-refractivity contribution < 1.29 is 19.7 Å². The Morgan fingerprint density at radius 2 is 2.06 bits per heavy atom. The summed E-state index contributed by atoms with van der Waals surface area (Å²) in [5.74, 6) is -0.416. The minimum atomic E-state index is -1.44. The Morgan fingerprint density at radius 3 is 2.72 bits per heavy atom. The second kappa shape index (κ2) is 7.63. The molecule has 0 fully saturated rings. The highest BCUT2D eigenvalue weighted by Crippen LogP contribution is 2.17. The largest absolute Gasteiger partial charge is 0.463 e. The molecule has 0 spiro atoms. The van der Waals surface area contributed by atoms with Gasteiger partial charge in [0, 0.05) is 11.6 Å². The smallest absolute Gasteiger partial charge is 0.330 e. The average molecular weight is 250 g/mol. The van der Waals surface area contributed by atoms with E-state index in [0.717, 1.165) is 30.9 Å². The minimum absolute atomic E-state index is 0.356. The Hall–Kier alpha value is -1.65. The molecule has 0 bridgehead atoms. The second-order valence-electron chi connectivity index (χ2n) is 3.90. The predicted molar refractivity (Wildman–Crippen MR) is 67.7 cm³/mol. The maximum absolute atomic E-state index is 10.8. The molecule has 18 heavy (non-hydrogen) atoms. The van der Waals surface area contributed by atoms with Crippen molar-refractivity contribution in [1.29, 1.82) is 0 Å². The average Bonchev–Trinajstić information content (AvgIpc) is 2.38. The highest BCUT2D eigenvalue weighted by molar-refractivity contribution is 5.81. The lowest BCUT2D eigenvalue weighted by atomic mass is 10.0. The zero-order valence-corrected chi connectivity index (χ0v) is 10.2. The zero-order valence-electron chi connectivity index (χ0n) is 10.2. The molecular formula is C14H18O4. The number of ether oxygens (including phenoxy) is 1. The van der Waals surface area contributed by atoms with Crippen LogP contribution >= 0.6 is 0 Å². The molecule has 0 aliphatic carbocycles. The summed E-state index contributed by atoms with van der Waals surface area (Å²) in [5.41, 5.74) is 1.43. The van der Waals surface area contributed by atoms with Crippen molar-refractivity contribution in [1.82, 2.24) is 0 Å². The number of hydrogen-bond donors (Lipinski definition) is 2. The van der Waals surface area contributed by atoms with Crippen molar-refractivity contribution in [3.05, 3.63) is 48.0 Å². The van der Waals surface area contributed by atoms with Crippen LogP contribution in [0.15, 0.2) is 36.9 Å². The first-order valence-corrected chi connectivity index (χ1v) is 5.88. The molecule has 1 aromatic rings. The number of aliphatic hydroxyl groups excluding tert-OH is 1. The Kier molecular flexibility index (Phi) is 6.11. The summed E-state index contributed by atoms with van der Waals surface area (Å²) in [6.45, 7) is 3.66. The molecule has 0 aliphatic heterocycles. The summed E-state index contributed by atoms with van der Waals surface area (Å²) in [5, 5.41) is 18.4. The van der Waals surface area contributed by atoms with Gasteiger partial charge in [-0.2, -0.15) is 0 Å².